The summed E-state index contributed by atoms with van der Waals surface area (Å²) in [7, 11) is 0. The second-order valence-electron chi connectivity index (χ2n) is 5.27. The average Bonchev–Trinajstić information content (AvgIpc) is 2.91. The standard InChI is InChI=1S/C13H25N3O/c1-3-11(2)15-7-9-16(10-8-15)13(17)12-5-4-6-14-12/h11-12,14H,3-10H2,1-2H3/t11?,12-/m0/s1. The molecule has 0 radical (unpaired) electrons. The van der Waals surface area contributed by atoms with Gasteiger partial charge >= 0.3 is 0 Å². The van der Waals surface area contributed by atoms with E-state index in [-0.39, 0.29) is 6.04 Å². The highest BCUT2D eigenvalue weighted by Gasteiger charge is 2.29. The Morgan fingerprint density at radius 2 is 2.06 bits per heavy atom. The molecule has 4 heteroatoms. The highest BCUT2D eigenvalue weighted by molar-refractivity contribution is 5.82. The Kier molecular flexibility index (Phi) is 4.40. The summed E-state index contributed by atoms with van der Waals surface area (Å²) in [6.45, 7) is 9.38. The molecule has 0 saturated carbocycles. The molecule has 2 rings (SSSR count). The highest BCUT2D eigenvalue weighted by atomic mass is 16.2. The van der Waals surface area contributed by atoms with E-state index in [1.165, 1.54) is 6.42 Å². The second kappa shape index (κ2) is 5.83. The monoisotopic (exact) mass is 239 g/mol. The van der Waals surface area contributed by atoms with Crippen LogP contribution in [-0.2, 0) is 4.79 Å². The van der Waals surface area contributed by atoms with Gasteiger partial charge in [0.1, 0.15) is 0 Å². The number of carbonyl (C=O) groups is 1. The summed E-state index contributed by atoms with van der Waals surface area (Å²) in [5.74, 6) is 0.325. The van der Waals surface area contributed by atoms with Crippen molar-refractivity contribution in [3.8, 4) is 0 Å². The van der Waals surface area contributed by atoms with Crippen molar-refractivity contribution >= 4 is 5.91 Å². The van der Waals surface area contributed by atoms with Gasteiger partial charge in [0.2, 0.25) is 5.91 Å². The smallest absolute Gasteiger partial charge is 0.239 e. The van der Waals surface area contributed by atoms with E-state index >= 15 is 0 Å². The topological polar surface area (TPSA) is 35.6 Å². The second-order valence-corrected chi connectivity index (χ2v) is 5.27. The Morgan fingerprint density at radius 3 is 2.59 bits per heavy atom. The molecule has 2 aliphatic heterocycles. The number of nitrogens with one attached hydrogen (secondary N) is 1. The van der Waals surface area contributed by atoms with E-state index in [4.69, 9.17) is 0 Å². The molecule has 0 aromatic rings. The van der Waals surface area contributed by atoms with Crippen LogP contribution in [0.4, 0.5) is 0 Å². The fourth-order valence-electron chi connectivity index (χ4n) is 2.76. The zero-order valence-electron chi connectivity index (χ0n) is 11.1. The fourth-order valence-corrected chi connectivity index (χ4v) is 2.76. The molecule has 17 heavy (non-hydrogen) atoms. The quantitative estimate of drug-likeness (QED) is 0.787. The Labute approximate surface area is 104 Å². The lowest BCUT2D eigenvalue weighted by Crippen LogP contribution is -2.54. The third kappa shape index (κ3) is 2.99. The van der Waals surface area contributed by atoms with Crippen LogP contribution in [-0.4, -0.2) is 60.5 Å². The third-order valence-electron chi connectivity index (χ3n) is 4.20. The van der Waals surface area contributed by atoms with Crippen LogP contribution in [0.3, 0.4) is 0 Å². The highest BCUT2D eigenvalue weighted by Crippen LogP contribution is 2.13. The lowest BCUT2D eigenvalue weighted by atomic mass is 10.1. The van der Waals surface area contributed by atoms with Gasteiger partial charge < -0.3 is 10.2 Å². The van der Waals surface area contributed by atoms with Crippen LogP contribution in [0.2, 0.25) is 0 Å². The first-order chi connectivity index (χ1) is 8.22. The Bertz CT molecular complexity index is 255. The molecule has 1 N–H and O–H groups in total. The summed E-state index contributed by atoms with van der Waals surface area (Å²) in [5.41, 5.74) is 0. The largest absolute Gasteiger partial charge is 0.339 e. The van der Waals surface area contributed by atoms with Gasteiger partial charge in [0.05, 0.1) is 6.04 Å². The molecule has 1 amide bonds. The van der Waals surface area contributed by atoms with Gasteiger partial charge in [0.15, 0.2) is 0 Å². The zero-order chi connectivity index (χ0) is 12.3. The van der Waals surface area contributed by atoms with Gasteiger partial charge in [0, 0.05) is 32.2 Å². The number of carbonyl (C=O) groups excluding carboxylic acids is 1. The van der Waals surface area contributed by atoms with Gasteiger partial charge in [-0.1, -0.05) is 6.92 Å². The van der Waals surface area contributed by atoms with Crippen LogP contribution in [0.15, 0.2) is 0 Å². The normalized spacial score (nSPS) is 28.4. The van der Waals surface area contributed by atoms with Crippen molar-refractivity contribution in [1.29, 1.82) is 0 Å². The number of rotatable bonds is 3. The fraction of sp³-hybridized carbons (Fsp3) is 0.923. The van der Waals surface area contributed by atoms with E-state index in [1.54, 1.807) is 0 Å². The Morgan fingerprint density at radius 1 is 1.35 bits per heavy atom. The lowest BCUT2D eigenvalue weighted by molar-refractivity contribution is -0.135. The van der Waals surface area contributed by atoms with Crippen molar-refractivity contribution in [2.75, 3.05) is 32.7 Å². The molecular formula is C13H25N3O. The zero-order valence-corrected chi connectivity index (χ0v) is 11.1. The summed E-state index contributed by atoms with van der Waals surface area (Å²) in [6.07, 6.45) is 3.35. The lowest BCUT2D eigenvalue weighted by Gasteiger charge is -2.38. The minimum Gasteiger partial charge on any atom is -0.339 e. The molecule has 4 nitrogen and oxygen atoms in total. The van der Waals surface area contributed by atoms with E-state index < -0.39 is 0 Å². The van der Waals surface area contributed by atoms with E-state index in [1.807, 2.05) is 4.90 Å². The number of hydrogen-bond acceptors (Lipinski definition) is 3. The third-order valence-corrected chi connectivity index (χ3v) is 4.20. The van der Waals surface area contributed by atoms with Gasteiger partial charge in [-0.15, -0.1) is 0 Å². The maximum absolute atomic E-state index is 12.2. The van der Waals surface area contributed by atoms with E-state index in [9.17, 15) is 4.79 Å². The molecule has 98 valence electrons. The number of hydrogen-bond donors (Lipinski definition) is 1. The van der Waals surface area contributed by atoms with Gasteiger partial charge in [-0.3, -0.25) is 9.69 Å². The molecule has 0 aromatic carbocycles. The molecule has 0 spiro atoms. The van der Waals surface area contributed by atoms with Crippen LogP contribution in [0, 0.1) is 0 Å². The van der Waals surface area contributed by atoms with Gasteiger partial charge in [-0.05, 0) is 32.7 Å². The SMILES string of the molecule is CCC(C)N1CCN(C(=O)[C@@H]2CCCN2)CC1. The summed E-state index contributed by atoms with van der Waals surface area (Å²) in [6, 6.07) is 0.752. The predicted octanol–water partition coefficient (Wildman–Crippen LogP) is 0.681. The number of nitrogens with zero attached hydrogens (tertiary/aromatic N) is 2. The summed E-state index contributed by atoms with van der Waals surface area (Å²) in [5, 5.41) is 3.29. The molecule has 2 saturated heterocycles. The van der Waals surface area contributed by atoms with E-state index in [0.29, 0.717) is 11.9 Å². The summed E-state index contributed by atoms with van der Waals surface area (Å²) in [4.78, 5) is 16.7. The van der Waals surface area contributed by atoms with Crippen molar-refractivity contribution in [2.45, 2.75) is 45.2 Å². The molecule has 0 aromatic heterocycles. The van der Waals surface area contributed by atoms with Crippen molar-refractivity contribution in [1.82, 2.24) is 15.1 Å². The number of piperazine rings is 1. The number of amides is 1. The predicted molar refractivity (Wildman–Crippen MR) is 68.9 cm³/mol. The first-order valence-electron chi connectivity index (χ1n) is 6.98. The van der Waals surface area contributed by atoms with Crippen molar-refractivity contribution in [3.63, 3.8) is 0 Å². The van der Waals surface area contributed by atoms with Crippen LogP contribution in [0.1, 0.15) is 33.1 Å². The van der Waals surface area contributed by atoms with E-state index in [2.05, 4.69) is 24.1 Å². The van der Waals surface area contributed by atoms with Crippen LogP contribution in [0.5, 0.6) is 0 Å². The van der Waals surface area contributed by atoms with Crippen molar-refractivity contribution in [2.24, 2.45) is 0 Å². The molecule has 2 heterocycles. The molecule has 1 unspecified atom stereocenters. The van der Waals surface area contributed by atoms with Gasteiger partial charge in [0.25, 0.3) is 0 Å². The van der Waals surface area contributed by atoms with Crippen molar-refractivity contribution in [3.05, 3.63) is 0 Å². The molecule has 2 aliphatic rings. The molecule has 0 bridgehead atoms. The molecule has 2 fully saturated rings. The molecular weight excluding hydrogens is 214 g/mol. The maximum atomic E-state index is 12.2. The first-order valence-corrected chi connectivity index (χ1v) is 6.98. The van der Waals surface area contributed by atoms with Gasteiger partial charge in [-0.25, -0.2) is 0 Å². The van der Waals surface area contributed by atoms with Crippen LogP contribution < -0.4 is 5.32 Å². The first kappa shape index (κ1) is 12.8. The summed E-state index contributed by atoms with van der Waals surface area (Å²) < 4.78 is 0. The summed E-state index contributed by atoms with van der Waals surface area (Å²) >= 11 is 0. The maximum Gasteiger partial charge on any atom is 0.239 e. The average molecular weight is 239 g/mol. The van der Waals surface area contributed by atoms with Crippen LogP contribution in [0.25, 0.3) is 0 Å². The van der Waals surface area contributed by atoms with E-state index in [0.717, 1.165) is 45.6 Å². The van der Waals surface area contributed by atoms with Crippen molar-refractivity contribution < 1.29 is 4.79 Å². The van der Waals surface area contributed by atoms with Gasteiger partial charge in [-0.2, -0.15) is 0 Å². The van der Waals surface area contributed by atoms with Crippen LogP contribution >= 0.6 is 0 Å². The Balaban J connectivity index is 1.80. The molecule has 0 aliphatic carbocycles. The minimum absolute atomic E-state index is 0.102. The minimum atomic E-state index is 0.102. The molecule has 2 atom stereocenters. The Hall–Kier alpha value is -0.610.